The van der Waals surface area contributed by atoms with Crippen molar-refractivity contribution in [3.8, 4) is 11.5 Å². The van der Waals surface area contributed by atoms with Crippen molar-refractivity contribution >= 4 is 45.7 Å². The summed E-state index contributed by atoms with van der Waals surface area (Å²) in [6, 6.07) is 16.1. The van der Waals surface area contributed by atoms with Crippen LogP contribution in [-0.4, -0.2) is 30.6 Å². The van der Waals surface area contributed by atoms with Crippen molar-refractivity contribution in [2.24, 2.45) is 0 Å². The molecule has 0 atom stereocenters. The van der Waals surface area contributed by atoms with E-state index in [-0.39, 0.29) is 28.7 Å². The highest BCUT2D eigenvalue weighted by Crippen LogP contribution is 2.29. The zero-order valence-electron chi connectivity index (χ0n) is 18.4. The summed E-state index contributed by atoms with van der Waals surface area (Å²) in [4.78, 5) is 25.3. The van der Waals surface area contributed by atoms with Crippen LogP contribution in [0.2, 0.25) is 5.02 Å². The summed E-state index contributed by atoms with van der Waals surface area (Å²) in [6.07, 6.45) is 1.82. The molecular formula is C25H21ClFN3O4. The lowest BCUT2D eigenvalue weighted by atomic mass is 10.2. The molecular weight excluding hydrogens is 461 g/mol. The highest BCUT2D eigenvalue weighted by atomic mass is 35.5. The Morgan fingerprint density at radius 2 is 1.79 bits per heavy atom. The maximum Gasteiger partial charge on any atom is 0.258 e. The molecule has 0 fully saturated rings. The number of carbonyl (C=O) groups is 2. The summed E-state index contributed by atoms with van der Waals surface area (Å²) in [5, 5.41) is 6.57. The minimum absolute atomic E-state index is 0.0829. The molecule has 9 heteroatoms. The Morgan fingerprint density at radius 3 is 2.53 bits per heavy atom. The molecule has 1 heterocycles. The van der Waals surface area contributed by atoms with E-state index < -0.39 is 11.7 Å². The Morgan fingerprint density at radius 1 is 0.971 bits per heavy atom. The van der Waals surface area contributed by atoms with Gasteiger partial charge in [0.15, 0.2) is 0 Å². The third-order valence-corrected chi connectivity index (χ3v) is 5.43. The standard InChI is InChI=1S/C25H21ClFN3O4/c1-33-18-5-7-22-15(11-18)9-10-30(22)14-24(31)28-17-4-8-23(34-2)21(13-17)29-25(32)19-6-3-16(26)12-20(19)27/h3-13H,14H2,1-2H3,(H,28,31)(H,29,32). The first kappa shape index (κ1) is 23.1. The number of halogens is 2. The monoisotopic (exact) mass is 481 g/mol. The van der Waals surface area contributed by atoms with Gasteiger partial charge in [0.1, 0.15) is 23.9 Å². The van der Waals surface area contributed by atoms with Crippen molar-refractivity contribution in [3.05, 3.63) is 83.3 Å². The number of rotatable bonds is 7. The maximum absolute atomic E-state index is 14.1. The smallest absolute Gasteiger partial charge is 0.258 e. The third kappa shape index (κ3) is 4.97. The van der Waals surface area contributed by atoms with Crippen molar-refractivity contribution in [2.75, 3.05) is 24.9 Å². The number of nitrogens with zero attached hydrogens (tertiary/aromatic N) is 1. The SMILES string of the molecule is COc1ccc2c(ccn2CC(=O)Nc2ccc(OC)c(NC(=O)c3ccc(Cl)cc3F)c2)c1. The molecule has 7 nitrogen and oxygen atoms in total. The number of hydrogen-bond acceptors (Lipinski definition) is 4. The third-order valence-electron chi connectivity index (χ3n) is 5.20. The second-order valence-corrected chi connectivity index (χ2v) is 7.85. The van der Waals surface area contributed by atoms with Crippen molar-refractivity contribution in [1.29, 1.82) is 0 Å². The van der Waals surface area contributed by atoms with Crippen LogP contribution >= 0.6 is 11.6 Å². The fourth-order valence-corrected chi connectivity index (χ4v) is 3.70. The lowest BCUT2D eigenvalue weighted by Crippen LogP contribution is -2.19. The zero-order chi connectivity index (χ0) is 24.2. The Hall–Kier alpha value is -4.04. The van der Waals surface area contributed by atoms with Gasteiger partial charge in [-0.25, -0.2) is 4.39 Å². The van der Waals surface area contributed by atoms with Gasteiger partial charge in [-0.05, 0) is 60.7 Å². The van der Waals surface area contributed by atoms with E-state index in [1.54, 1.807) is 25.3 Å². The molecule has 0 aliphatic rings. The van der Waals surface area contributed by atoms with Gasteiger partial charge in [0.25, 0.3) is 5.91 Å². The van der Waals surface area contributed by atoms with Gasteiger partial charge in [-0.15, -0.1) is 0 Å². The number of amides is 2. The Kier molecular flexibility index (Phi) is 6.70. The quantitative estimate of drug-likeness (QED) is 0.373. The van der Waals surface area contributed by atoms with Crippen LogP contribution in [0.3, 0.4) is 0 Å². The van der Waals surface area contributed by atoms with Gasteiger partial charge in [-0.1, -0.05) is 11.6 Å². The molecule has 0 unspecified atom stereocenters. The van der Waals surface area contributed by atoms with Crippen LogP contribution in [0.25, 0.3) is 10.9 Å². The van der Waals surface area contributed by atoms with Crippen LogP contribution in [0, 0.1) is 5.82 Å². The second kappa shape index (κ2) is 9.84. The van der Waals surface area contributed by atoms with E-state index in [2.05, 4.69) is 10.6 Å². The van der Waals surface area contributed by atoms with E-state index in [1.165, 1.54) is 19.2 Å². The van der Waals surface area contributed by atoms with Crippen molar-refractivity contribution in [2.45, 2.75) is 6.54 Å². The molecule has 4 rings (SSSR count). The minimum atomic E-state index is -0.745. The summed E-state index contributed by atoms with van der Waals surface area (Å²) in [5.41, 5.74) is 1.44. The van der Waals surface area contributed by atoms with Crippen LogP contribution in [0.5, 0.6) is 11.5 Å². The van der Waals surface area contributed by atoms with Gasteiger partial charge in [0, 0.05) is 27.8 Å². The molecule has 3 aromatic carbocycles. The molecule has 0 spiro atoms. The molecule has 1 aromatic heterocycles. The Labute approximate surface area is 200 Å². The molecule has 174 valence electrons. The van der Waals surface area contributed by atoms with Crippen molar-refractivity contribution in [1.82, 2.24) is 4.57 Å². The lowest BCUT2D eigenvalue weighted by Gasteiger charge is -2.14. The fraction of sp³-hybridized carbons (Fsp3) is 0.120. The van der Waals surface area contributed by atoms with Gasteiger partial charge in [0.05, 0.1) is 25.5 Å². The molecule has 0 aliphatic carbocycles. The molecule has 0 radical (unpaired) electrons. The first-order chi connectivity index (χ1) is 16.4. The highest BCUT2D eigenvalue weighted by Gasteiger charge is 2.16. The number of aromatic nitrogens is 1. The zero-order valence-corrected chi connectivity index (χ0v) is 19.2. The topological polar surface area (TPSA) is 81.6 Å². The molecule has 4 aromatic rings. The normalized spacial score (nSPS) is 10.7. The van der Waals surface area contributed by atoms with Crippen LogP contribution in [-0.2, 0) is 11.3 Å². The average molecular weight is 482 g/mol. The molecule has 34 heavy (non-hydrogen) atoms. The largest absolute Gasteiger partial charge is 0.497 e. The number of nitrogens with one attached hydrogen (secondary N) is 2. The Balaban J connectivity index is 1.50. The van der Waals surface area contributed by atoms with E-state index in [1.807, 2.05) is 35.0 Å². The predicted molar refractivity (Wildman–Crippen MR) is 129 cm³/mol. The minimum Gasteiger partial charge on any atom is -0.497 e. The number of benzene rings is 3. The van der Waals surface area contributed by atoms with Crippen molar-refractivity contribution in [3.63, 3.8) is 0 Å². The fourth-order valence-electron chi connectivity index (χ4n) is 3.55. The first-order valence-electron chi connectivity index (χ1n) is 10.2. The van der Waals surface area contributed by atoms with Gasteiger partial charge in [-0.2, -0.15) is 0 Å². The summed E-state index contributed by atoms with van der Waals surface area (Å²) < 4.78 is 26.5. The highest BCUT2D eigenvalue weighted by molar-refractivity contribution is 6.30. The average Bonchev–Trinajstić information content (AvgIpc) is 3.20. The Bertz CT molecular complexity index is 1390. The summed E-state index contributed by atoms with van der Waals surface area (Å²) >= 11 is 5.76. The number of hydrogen-bond donors (Lipinski definition) is 2. The number of methoxy groups -OCH3 is 2. The molecule has 0 saturated carbocycles. The van der Waals surface area contributed by atoms with Crippen LogP contribution < -0.4 is 20.1 Å². The predicted octanol–water partition coefficient (Wildman–Crippen LogP) is 5.34. The molecule has 0 aliphatic heterocycles. The number of anilines is 2. The second-order valence-electron chi connectivity index (χ2n) is 7.41. The first-order valence-corrected chi connectivity index (χ1v) is 10.6. The van der Waals surface area contributed by atoms with E-state index in [9.17, 15) is 14.0 Å². The van der Waals surface area contributed by atoms with Crippen LogP contribution in [0.15, 0.2) is 66.9 Å². The molecule has 0 saturated heterocycles. The van der Waals surface area contributed by atoms with Crippen LogP contribution in [0.1, 0.15) is 10.4 Å². The van der Waals surface area contributed by atoms with Gasteiger partial charge >= 0.3 is 0 Å². The van der Waals surface area contributed by atoms with Gasteiger partial charge in [0.2, 0.25) is 5.91 Å². The van der Waals surface area contributed by atoms with E-state index in [4.69, 9.17) is 21.1 Å². The molecule has 2 amide bonds. The van der Waals surface area contributed by atoms with E-state index in [0.29, 0.717) is 11.4 Å². The molecule has 0 bridgehead atoms. The number of carbonyl (C=O) groups excluding carboxylic acids is 2. The summed E-state index contributed by atoms with van der Waals surface area (Å²) in [6.45, 7) is 0.0829. The van der Waals surface area contributed by atoms with E-state index in [0.717, 1.165) is 22.7 Å². The number of ether oxygens (including phenoxy) is 2. The maximum atomic E-state index is 14.1. The van der Waals surface area contributed by atoms with Crippen molar-refractivity contribution < 1.29 is 23.5 Å². The van der Waals surface area contributed by atoms with E-state index >= 15 is 0 Å². The summed E-state index contributed by atoms with van der Waals surface area (Å²) in [7, 11) is 3.04. The lowest BCUT2D eigenvalue weighted by molar-refractivity contribution is -0.116. The van der Waals surface area contributed by atoms with Crippen LogP contribution in [0.4, 0.5) is 15.8 Å². The van der Waals surface area contributed by atoms with Gasteiger partial charge < -0.3 is 24.7 Å². The number of fused-ring (bicyclic) bond motifs is 1. The van der Waals surface area contributed by atoms with Gasteiger partial charge in [-0.3, -0.25) is 9.59 Å². The molecule has 2 N–H and O–H groups in total. The summed E-state index contributed by atoms with van der Waals surface area (Å²) in [5.74, 6) is -0.596.